The van der Waals surface area contributed by atoms with Crippen LogP contribution < -0.4 is 5.32 Å². The third-order valence-electron chi connectivity index (χ3n) is 4.77. The van der Waals surface area contributed by atoms with E-state index in [1.807, 2.05) is 55.5 Å². The zero-order chi connectivity index (χ0) is 20.4. The topological polar surface area (TPSA) is 101 Å². The van der Waals surface area contributed by atoms with Crippen molar-refractivity contribution in [2.24, 2.45) is 0 Å². The Bertz CT molecular complexity index is 1200. The Kier molecular flexibility index (Phi) is 4.78. The van der Waals surface area contributed by atoms with Gasteiger partial charge in [0.25, 0.3) is 11.6 Å². The summed E-state index contributed by atoms with van der Waals surface area (Å²) < 4.78 is 0. The van der Waals surface area contributed by atoms with Gasteiger partial charge in [-0.15, -0.1) is 0 Å². The van der Waals surface area contributed by atoms with E-state index in [-0.39, 0.29) is 11.6 Å². The first-order chi connectivity index (χ1) is 14.0. The lowest BCUT2D eigenvalue weighted by atomic mass is 10.0. The fraction of sp³-hybridized carbons (Fsp3) is 0.0909. The summed E-state index contributed by atoms with van der Waals surface area (Å²) in [5.74, 6) is 0.289. The van der Waals surface area contributed by atoms with Gasteiger partial charge in [0, 0.05) is 17.7 Å². The highest BCUT2D eigenvalue weighted by Crippen LogP contribution is 2.25. The monoisotopic (exact) mass is 386 g/mol. The zero-order valence-corrected chi connectivity index (χ0v) is 15.6. The number of nitro benzene ring substituents is 1. The second-order valence-corrected chi connectivity index (χ2v) is 6.71. The molecule has 0 bridgehead atoms. The van der Waals surface area contributed by atoms with Gasteiger partial charge < -0.3 is 10.3 Å². The Morgan fingerprint density at radius 3 is 2.52 bits per heavy atom. The number of nitrogens with one attached hydrogen (secondary N) is 2. The molecule has 0 aliphatic carbocycles. The highest BCUT2D eigenvalue weighted by Gasteiger charge is 2.22. The summed E-state index contributed by atoms with van der Waals surface area (Å²) in [6.07, 6.45) is 0. The minimum atomic E-state index is -0.533. The van der Waals surface area contributed by atoms with Crippen LogP contribution in [0.25, 0.3) is 11.0 Å². The van der Waals surface area contributed by atoms with Crippen LogP contribution in [0.1, 0.15) is 33.4 Å². The molecule has 7 heteroatoms. The van der Waals surface area contributed by atoms with Crippen molar-refractivity contribution in [2.75, 3.05) is 0 Å². The fourth-order valence-electron chi connectivity index (χ4n) is 3.26. The van der Waals surface area contributed by atoms with E-state index in [1.165, 1.54) is 12.1 Å². The van der Waals surface area contributed by atoms with E-state index < -0.39 is 11.0 Å². The average Bonchev–Trinajstić information content (AvgIpc) is 3.15. The zero-order valence-electron chi connectivity index (χ0n) is 15.6. The second-order valence-electron chi connectivity index (χ2n) is 6.71. The normalized spacial score (nSPS) is 11.9. The molecular formula is C22H18N4O3. The Hall–Kier alpha value is -4.00. The Labute approximate surface area is 166 Å². The minimum Gasteiger partial charge on any atom is -0.340 e. The number of aromatic nitrogens is 2. The molecule has 0 saturated heterocycles. The number of imidazole rings is 1. The van der Waals surface area contributed by atoms with Gasteiger partial charge >= 0.3 is 0 Å². The van der Waals surface area contributed by atoms with Gasteiger partial charge in [-0.05, 0) is 30.2 Å². The number of non-ortho nitro benzene ring substituents is 1. The number of H-pyrrole nitrogens is 1. The van der Waals surface area contributed by atoms with Gasteiger partial charge in [-0.1, -0.05) is 48.5 Å². The third kappa shape index (κ3) is 3.70. The Morgan fingerprint density at radius 1 is 1.07 bits per heavy atom. The van der Waals surface area contributed by atoms with Crippen LogP contribution >= 0.6 is 0 Å². The second kappa shape index (κ2) is 7.55. The van der Waals surface area contributed by atoms with Gasteiger partial charge in [0.05, 0.1) is 16.0 Å². The summed E-state index contributed by atoms with van der Waals surface area (Å²) >= 11 is 0. The number of aryl methyl sites for hydroxylation is 1. The summed E-state index contributed by atoms with van der Waals surface area (Å²) in [5.41, 5.74) is 3.42. The van der Waals surface area contributed by atoms with Crippen molar-refractivity contribution < 1.29 is 9.72 Å². The van der Waals surface area contributed by atoms with Gasteiger partial charge in [0.15, 0.2) is 0 Å². The van der Waals surface area contributed by atoms with Crippen molar-refractivity contribution >= 4 is 22.6 Å². The van der Waals surface area contributed by atoms with Crippen LogP contribution in [0.3, 0.4) is 0 Å². The molecule has 29 heavy (non-hydrogen) atoms. The van der Waals surface area contributed by atoms with Crippen LogP contribution in [0.15, 0.2) is 72.8 Å². The summed E-state index contributed by atoms with van der Waals surface area (Å²) in [6, 6.07) is 20.7. The number of carbonyl (C=O) groups excluding carboxylic acids is 1. The van der Waals surface area contributed by atoms with Crippen molar-refractivity contribution in [3.05, 3.63) is 105 Å². The number of aromatic amines is 1. The van der Waals surface area contributed by atoms with Crippen molar-refractivity contribution in [1.29, 1.82) is 0 Å². The van der Waals surface area contributed by atoms with Gasteiger partial charge in [0.2, 0.25) is 0 Å². The van der Waals surface area contributed by atoms with Crippen molar-refractivity contribution in [3.8, 4) is 0 Å². The maximum atomic E-state index is 12.9. The van der Waals surface area contributed by atoms with E-state index in [0.717, 1.165) is 11.1 Å². The molecule has 1 heterocycles. The fourth-order valence-corrected chi connectivity index (χ4v) is 3.26. The maximum Gasteiger partial charge on any atom is 0.271 e. The van der Waals surface area contributed by atoms with Crippen molar-refractivity contribution in [3.63, 3.8) is 0 Å². The lowest BCUT2D eigenvalue weighted by molar-refractivity contribution is -0.384. The number of benzene rings is 3. The molecule has 4 rings (SSSR count). The van der Waals surface area contributed by atoms with E-state index in [4.69, 9.17) is 0 Å². The molecule has 0 saturated carbocycles. The standard InChI is InChI=1S/C22H18N4O3/c1-14-7-5-6-10-17(14)22(27)25-20(15-8-3-2-4-9-15)21-23-18-12-11-16(26(28)29)13-19(18)24-21/h2-13,20H,1H3,(H,23,24)(H,25,27). The average molecular weight is 386 g/mol. The molecule has 1 amide bonds. The van der Waals surface area contributed by atoms with Gasteiger partial charge in [-0.25, -0.2) is 4.98 Å². The maximum absolute atomic E-state index is 12.9. The van der Waals surface area contributed by atoms with Crippen LogP contribution in [-0.2, 0) is 0 Å². The largest absolute Gasteiger partial charge is 0.340 e. The molecule has 0 aliphatic heterocycles. The summed E-state index contributed by atoms with van der Waals surface area (Å²) in [4.78, 5) is 31.2. The summed E-state index contributed by atoms with van der Waals surface area (Å²) in [6.45, 7) is 1.88. The van der Waals surface area contributed by atoms with Gasteiger partial charge in [-0.2, -0.15) is 0 Å². The van der Waals surface area contributed by atoms with Crippen LogP contribution in [-0.4, -0.2) is 20.8 Å². The smallest absolute Gasteiger partial charge is 0.271 e. The Balaban J connectivity index is 1.75. The lowest BCUT2D eigenvalue weighted by Crippen LogP contribution is -2.30. The quantitative estimate of drug-likeness (QED) is 0.394. The molecule has 1 unspecified atom stereocenters. The predicted octanol–water partition coefficient (Wildman–Crippen LogP) is 4.30. The summed E-state index contributed by atoms with van der Waals surface area (Å²) in [5, 5.41) is 14.1. The Morgan fingerprint density at radius 2 is 1.79 bits per heavy atom. The molecule has 0 aliphatic rings. The molecule has 1 atom stereocenters. The number of hydrogen-bond donors (Lipinski definition) is 2. The first-order valence-electron chi connectivity index (χ1n) is 9.08. The van der Waals surface area contributed by atoms with E-state index >= 15 is 0 Å². The number of nitro groups is 1. The van der Waals surface area contributed by atoms with Crippen LogP contribution in [0.4, 0.5) is 5.69 Å². The van der Waals surface area contributed by atoms with E-state index in [0.29, 0.717) is 22.4 Å². The number of nitrogens with zero attached hydrogens (tertiary/aromatic N) is 2. The van der Waals surface area contributed by atoms with E-state index in [2.05, 4.69) is 15.3 Å². The first-order valence-corrected chi connectivity index (χ1v) is 9.08. The van der Waals surface area contributed by atoms with Crippen LogP contribution in [0, 0.1) is 17.0 Å². The lowest BCUT2D eigenvalue weighted by Gasteiger charge is -2.18. The van der Waals surface area contributed by atoms with Crippen LogP contribution in [0.5, 0.6) is 0 Å². The molecule has 0 radical (unpaired) electrons. The van der Waals surface area contributed by atoms with Crippen molar-refractivity contribution in [1.82, 2.24) is 15.3 Å². The highest BCUT2D eigenvalue weighted by molar-refractivity contribution is 5.96. The molecule has 2 N–H and O–H groups in total. The summed E-state index contributed by atoms with van der Waals surface area (Å²) in [7, 11) is 0. The third-order valence-corrected chi connectivity index (χ3v) is 4.77. The molecule has 3 aromatic carbocycles. The molecule has 7 nitrogen and oxygen atoms in total. The minimum absolute atomic E-state index is 0.0205. The SMILES string of the molecule is Cc1ccccc1C(=O)NC(c1ccccc1)c1nc2ccc([N+](=O)[O-])cc2[nH]1. The number of carbonyl (C=O) groups is 1. The van der Waals surface area contributed by atoms with E-state index in [1.54, 1.807) is 12.1 Å². The van der Waals surface area contributed by atoms with Crippen LogP contribution in [0.2, 0.25) is 0 Å². The number of hydrogen-bond acceptors (Lipinski definition) is 4. The molecule has 0 fully saturated rings. The highest BCUT2D eigenvalue weighted by atomic mass is 16.6. The van der Waals surface area contributed by atoms with Crippen molar-refractivity contribution in [2.45, 2.75) is 13.0 Å². The number of amides is 1. The molecular weight excluding hydrogens is 368 g/mol. The first kappa shape index (κ1) is 18.4. The number of rotatable bonds is 5. The molecule has 4 aromatic rings. The number of fused-ring (bicyclic) bond motifs is 1. The predicted molar refractivity (Wildman–Crippen MR) is 110 cm³/mol. The van der Waals surface area contributed by atoms with Gasteiger partial charge in [0.1, 0.15) is 11.9 Å². The van der Waals surface area contributed by atoms with Gasteiger partial charge in [-0.3, -0.25) is 14.9 Å². The van der Waals surface area contributed by atoms with E-state index in [9.17, 15) is 14.9 Å². The molecule has 144 valence electrons. The molecule has 1 aromatic heterocycles. The molecule has 0 spiro atoms.